The Bertz CT molecular complexity index is 1030. The van der Waals surface area contributed by atoms with Crippen LogP contribution in [0.4, 0.5) is 17.2 Å². The van der Waals surface area contributed by atoms with Crippen molar-refractivity contribution in [2.24, 2.45) is 7.05 Å². The number of benzene rings is 1. The molecule has 1 aliphatic heterocycles. The monoisotopic (exact) mass is 390 g/mol. The number of aromatic nitrogens is 3. The summed E-state index contributed by atoms with van der Waals surface area (Å²) in [5.41, 5.74) is 3.10. The summed E-state index contributed by atoms with van der Waals surface area (Å²) in [6.45, 7) is 2.62. The van der Waals surface area contributed by atoms with E-state index in [1.54, 1.807) is 27.9 Å². The highest BCUT2D eigenvalue weighted by Gasteiger charge is 2.33. The van der Waals surface area contributed by atoms with E-state index in [0.29, 0.717) is 24.3 Å². The summed E-state index contributed by atoms with van der Waals surface area (Å²) in [6, 6.07) is 10.6. The summed E-state index contributed by atoms with van der Waals surface area (Å²) < 4.78 is 1.67. The Morgan fingerprint density at radius 2 is 1.93 bits per heavy atom. The largest absolute Gasteiger partial charge is 0.358 e. The summed E-state index contributed by atoms with van der Waals surface area (Å²) in [7, 11) is 1.82. The molecule has 0 saturated carbocycles. The SMILES string of the molecule is Cc1ccc(NC(=O)c2ccc(NC3CCN(c4cnn(C)c4)C3=O)nc2)cc1. The van der Waals surface area contributed by atoms with E-state index in [0.717, 1.165) is 16.9 Å². The van der Waals surface area contributed by atoms with Crippen molar-refractivity contribution in [2.75, 3.05) is 22.1 Å². The fraction of sp³-hybridized carbons (Fsp3) is 0.238. The number of amides is 2. The number of nitrogens with zero attached hydrogens (tertiary/aromatic N) is 4. The van der Waals surface area contributed by atoms with Crippen LogP contribution in [-0.4, -0.2) is 39.2 Å². The third-order valence-electron chi connectivity index (χ3n) is 4.87. The van der Waals surface area contributed by atoms with Gasteiger partial charge in [0.1, 0.15) is 11.9 Å². The maximum Gasteiger partial charge on any atom is 0.257 e. The van der Waals surface area contributed by atoms with E-state index in [4.69, 9.17) is 0 Å². The molecule has 1 fully saturated rings. The number of aryl methyl sites for hydroxylation is 2. The molecular formula is C21H22N6O2. The number of carbonyl (C=O) groups is 2. The molecule has 4 rings (SSSR count). The number of anilines is 3. The minimum absolute atomic E-state index is 0.0130. The topological polar surface area (TPSA) is 92.2 Å². The Balaban J connectivity index is 1.37. The molecule has 3 heterocycles. The average molecular weight is 390 g/mol. The van der Waals surface area contributed by atoms with Crippen molar-refractivity contribution in [1.29, 1.82) is 0 Å². The Morgan fingerprint density at radius 1 is 1.14 bits per heavy atom. The number of pyridine rings is 1. The molecule has 3 aromatic rings. The second-order valence-electron chi connectivity index (χ2n) is 7.10. The van der Waals surface area contributed by atoms with Crippen LogP contribution in [0.3, 0.4) is 0 Å². The Labute approximate surface area is 168 Å². The summed E-state index contributed by atoms with van der Waals surface area (Å²) >= 11 is 0. The first-order valence-corrected chi connectivity index (χ1v) is 9.40. The highest BCUT2D eigenvalue weighted by molar-refractivity contribution is 6.04. The Hall–Kier alpha value is -3.68. The van der Waals surface area contributed by atoms with E-state index in [2.05, 4.69) is 20.7 Å². The summed E-state index contributed by atoms with van der Waals surface area (Å²) in [5, 5.41) is 10.1. The first kappa shape index (κ1) is 18.7. The van der Waals surface area contributed by atoms with Gasteiger partial charge in [-0.05, 0) is 37.6 Å². The average Bonchev–Trinajstić information content (AvgIpc) is 3.30. The zero-order valence-corrected chi connectivity index (χ0v) is 16.3. The quantitative estimate of drug-likeness (QED) is 0.699. The lowest BCUT2D eigenvalue weighted by atomic mass is 10.2. The van der Waals surface area contributed by atoms with Gasteiger partial charge in [-0.3, -0.25) is 14.3 Å². The van der Waals surface area contributed by atoms with Gasteiger partial charge in [0.15, 0.2) is 0 Å². The van der Waals surface area contributed by atoms with Crippen molar-refractivity contribution in [3.05, 3.63) is 66.1 Å². The predicted molar refractivity (Wildman–Crippen MR) is 111 cm³/mol. The van der Waals surface area contributed by atoms with Crippen molar-refractivity contribution < 1.29 is 9.59 Å². The minimum atomic E-state index is -0.352. The fourth-order valence-electron chi connectivity index (χ4n) is 3.25. The van der Waals surface area contributed by atoms with Crippen LogP contribution in [0.15, 0.2) is 55.0 Å². The Morgan fingerprint density at radius 3 is 2.59 bits per heavy atom. The minimum Gasteiger partial charge on any atom is -0.358 e. The van der Waals surface area contributed by atoms with Gasteiger partial charge in [-0.1, -0.05) is 17.7 Å². The van der Waals surface area contributed by atoms with Gasteiger partial charge >= 0.3 is 0 Å². The standard InChI is InChI=1S/C21H22N6O2/c1-14-3-6-16(7-4-14)24-20(28)15-5-8-19(22-11-15)25-18-9-10-27(21(18)29)17-12-23-26(2)13-17/h3-8,11-13,18H,9-10H2,1-2H3,(H,22,25)(H,24,28). The molecule has 2 amide bonds. The van der Waals surface area contributed by atoms with Crippen LogP contribution in [0, 0.1) is 6.92 Å². The van der Waals surface area contributed by atoms with E-state index in [-0.39, 0.29) is 17.9 Å². The van der Waals surface area contributed by atoms with Crippen molar-refractivity contribution >= 4 is 29.0 Å². The fourth-order valence-corrected chi connectivity index (χ4v) is 3.25. The van der Waals surface area contributed by atoms with E-state index in [1.807, 2.05) is 44.4 Å². The van der Waals surface area contributed by atoms with E-state index >= 15 is 0 Å². The van der Waals surface area contributed by atoms with Gasteiger partial charge < -0.3 is 15.5 Å². The predicted octanol–water partition coefficient (Wildman–Crippen LogP) is 2.59. The second kappa shape index (κ2) is 7.75. The Kier molecular flexibility index (Phi) is 4.99. The highest BCUT2D eigenvalue weighted by atomic mass is 16.2. The zero-order valence-electron chi connectivity index (χ0n) is 16.3. The maximum atomic E-state index is 12.7. The second-order valence-corrected chi connectivity index (χ2v) is 7.10. The van der Waals surface area contributed by atoms with Crippen molar-refractivity contribution in [3.63, 3.8) is 0 Å². The van der Waals surface area contributed by atoms with Gasteiger partial charge in [-0.2, -0.15) is 5.10 Å². The normalized spacial score (nSPS) is 16.1. The zero-order chi connectivity index (χ0) is 20.4. The molecule has 8 nitrogen and oxygen atoms in total. The van der Waals surface area contributed by atoms with E-state index < -0.39 is 0 Å². The van der Waals surface area contributed by atoms with Crippen LogP contribution >= 0.6 is 0 Å². The smallest absolute Gasteiger partial charge is 0.257 e. The van der Waals surface area contributed by atoms with Crippen LogP contribution in [0.2, 0.25) is 0 Å². The van der Waals surface area contributed by atoms with Crippen molar-refractivity contribution in [1.82, 2.24) is 14.8 Å². The molecule has 1 saturated heterocycles. The van der Waals surface area contributed by atoms with E-state index in [1.165, 1.54) is 6.20 Å². The molecular weight excluding hydrogens is 368 g/mol. The van der Waals surface area contributed by atoms with Crippen molar-refractivity contribution in [2.45, 2.75) is 19.4 Å². The van der Waals surface area contributed by atoms with E-state index in [9.17, 15) is 9.59 Å². The summed E-state index contributed by atoms with van der Waals surface area (Å²) in [5.74, 6) is 0.317. The number of carbonyl (C=O) groups excluding carboxylic acids is 2. The molecule has 1 aromatic carbocycles. The van der Waals surface area contributed by atoms with Crippen LogP contribution in [0.1, 0.15) is 22.3 Å². The van der Waals surface area contributed by atoms with Gasteiger partial charge in [0.2, 0.25) is 5.91 Å². The van der Waals surface area contributed by atoms with Crippen LogP contribution in [0.5, 0.6) is 0 Å². The number of hydrogen-bond donors (Lipinski definition) is 2. The molecule has 1 atom stereocenters. The highest BCUT2D eigenvalue weighted by Crippen LogP contribution is 2.22. The molecule has 29 heavy (non-hydrogen) atoms. The number of rotatable bonds is 5. The molecule has 8 heteroatoms. The molecule has 1 aliphatic rings. The lowest BCUT2D eigenvalue weighted by Gasteiger charge is -2.15. The lowest BCUT2D eigenvalue weighted by Crippen LogP contribution is -2.33. The molecule has 2 aromatic heterocycles. The molecule has 0 spiro atoms. The summed E-state index contributed by atoms with van der Waals surface area (Å²) in [6.07, 6.45) is 5.68. The molecule has 148 valence electrons. The molecule has 0 radical (unpaired) electrons. The first-order chi connectivity index (χ1) is 14.0. The number of nitrogens with one attached hydrogen (secondary N) is 2. The first-order valence-electron chi connectivity index (χ1n) is 9.40. The third-order valence-corrected chi connectivity index (χ3v) is 4.87. The maximum absolute atomic E-state index is 12.7. The van der Waals surface area contributed by atoms with Gasteiger partial charge in [-0.15, -0.1) is 0 Å². The number of hydrogen-bond acceptors (Lipinski definition) is 5. The van der Waals surface area contributed by atoms with Crippen molar-refractivity contribution in [3.8, 4) is 0 Å². The molecule has 1 unspecified atom stereocenters. The molecule has 2 N–H and O–H groups in total. The van der Waals surface area contributed by atoms with Crippen LogP contribution in [0.25, 0.3) is 0 Å². The lowest BCUT2D eigenvalue weighted by molar-refractivity contribution is -0.117. The summed E-state index contributed by atoms with van der Waals surface area (Å²) in [4.78, 5) is 31.0. The van der Waals surface area contributed by atoms with Crippen LogP contribution in [-0.2, 0) is 11.8 Å². The van der Waals surface area contributed by atoms with Crippen LogP contribution < -0.4 is 15.5 Å². The molecule has 0 bridgehead atoms. The third kappa shape index (κ3) is 4.11. The van der Waals surface area contributed by atoms with Gasteiger partial charge in [-0.25, -0.2) is 4.98 Å². The van der Waals surface area contributed by atoms with Gasteiger partial charge in [0.05, 0.1) is 17.4 Å². The van der Waals surface area contributed by atoms with Gasteiger partial charge in [0, 0.05) is 31.7 Å². The van der Waals surface area contributed by atoms with Gasteiger partial charge in [0.25, 0.3) is 5.91 Å². The molecule has 0 aliphatic carbocycles.